The van der Waals surface area contributed by atoms with Gasteiger partial charge in [0, 0.05) is 5.56 Å². The highest BCUT2D eigenvalue weighted by Crippen LogP contribution is 2.42. The maximum atomic E-state index is 12.2. The van der Waals surface area contributed by atoms with Gasteiger partial charge in [-0.1, -0.05) is 18.2 Å². The lowest BCUT2D eigenvalue weighted by Gasteiger charge is -2.27. The molecule has 0 amide bonds. The third kappa shape index (κ3) is 2.49. The Morgan fingerprint density at radius 2 is 2.05 bits per heavy atom. The van der Waals surface area contributed by atoms with Crippen LogP contribution in [0.3, 0.4) is 0 Å². The SMILES string of the molecule is COC(=O)C1=C(C)OC(N)=C(C#N)[C@@H]1c1ccccc1OC. The smallest absolute Gasteiger partial charge is 0.338 e. The molecule has 0 bridgehead atoms. The molecule has 6 nitrogen and oxygen atoms in total. The normalized spacial score (nSPS) is 17.6. The molecular formula is C16H16N2O4. The summed E-state index contributed by atoms with van der Waals surface area (Å²) >= 11 is 0. The van der Waals surface area contributed by atoms with Gasteiger partial charge in [-0.3, -0.25) is 0 Å². The zero-order chi connectivity index (χ0) is 16.3. The number of hydrogen-bond donors (Lipinski definition) is 1. The first-order chi connectivity index (χ1) is 10.5. The van der Waals surface area contributed by atoms with Gasteiger partial charge in [0.05, 0.1) is 25.7 Å². The Labute approximate surface area is 128 Å². The van der Waals surface area contributed by atoms with Crippen molar-refractivity contribution in [2.45, 2.75) is 12.8 Å². The average Bonchev–Trinajstić information content (AvgIpc) is 2.53. The first kappa shape index (κ1) is 15.4. The number of carbonyl (C=O) groups excluding carboxylic acids is 1. The van der Waals surface area contributed by atoms with Gasteiger partial charge in [-0.25, -0.2) is 4.79 Å². The minimum atomic E-state index is -0.692. The van der Waals surface area contributed by atoms with Crippen LogP contribution in [0.2, 0.25) is 0 Å². The van der Waals surface area contributed by atoms with E-state index in [-0.39, 0.29) is 17.0 Å². The summed E-state index contributed by atoms with van der Waals surface area (Å²) in [6.45, 7) is 1.61. The van der Waals surface area contributed by atoms with Crippen molar-refractivity contribution in [1.82, 2.24) is 0 Å². The fourth-order valence-corrected chi connectivity index (χ4v) is 2.47. The summed E-state index contributed by atoms with van der Waals surface area (Å²) in [6.07, 6.45) is 0. The number of nitriles is 1. The van der Waals surface area contributed by atoms with Crippen molar-refractivity contribution < 1.29 is 19.0 Å². The number of esters is 1. The van der Waals surface area contributed by atoms with E-state index >= 15 is 0 Å². The van der Waals surface area contributed by atoms with Gasteiger partial charge in [-0.15, -0.1) is 0 Å². The molecule has 1 aromatic carbocycles. The summed E-state index contributed by atoms with van der Waals surface area (Å²) in [4.78, 5) is 12.2. The minimum absolute atomic E-state index is 0.0245. The molecule has 2 rings (SSSR count). The number of para-hydroxylation sites is 1. The van der Waals surface area contributed by atoms with E-state index in [2.05, 4.69) is 0 Å². The van der Waals surface area contributed by atoms with Crippen LogP contribution in [0.5, 0.6) is 5.75 Å². The number of rotatable bonds is 3. The van der Waals surface area contributed by atoms with Crippen LogP contribution in [0.1, 0.15) is 18.4 Å². The van der Waals surface area contributed by atoms with Gasteiger partial charge in [0.2, 0.25) is 5.88 Å². The maximum Gasteiger partial charge on any atom is 0.338 e. The highest BCUT2D eigenvalue weighted by molar-refractivity contribution is 5.92. The third-order valence-electron chi connectivity index (χ3n) is 3.46. The summed E-state index contributed by atoms with van der Waals surface area (Å²) in [7, 11) is 2.79. The third-order valence-corrected chi connectivity index (χ3v) is 3.46. The van der Waals surface area contributed by atoms with Crippen LogP contribution in [0, 0.1) is 11.3 Å². The summed E-state index contributed by atoms with van der Waals surface area (Å²) < 4.78 is 15.5. The van der Waals surface area contributed by atoms with Crippen LogP contribution >= 0.6 is 0 Å². The van der Waals surface area contributed by atoms with Gasteiger partial charge in [-0.05, 0) is 13.0 Å². The van der Waals surface area contributed by atoms with Crippen molar-refractivity contribution in [2.24, 2.45) is 5.73 Å². The number of methoxy groups -OCH3 is 2. The predicted molar refractivity (Wildman–Crippen MR) is 78.4 cm³/mol. The van der Waals surface area contributed by atoms with Gasteiger partial charge in [0.25, 0.3) is 0 Å². The molecule has 0 aromatic heterocycles. The minimum Gasteiger partial charge on any atom is -0.496 e. The Bertz CT molecular complexity index is 713. The van der Waals surface area contributed by atoms with Crippen molar-refractivity contribution in [2.75, 3.05) is 14.2 Å². The van der Waals surface area contributed by atoms with Gasteiger partial charge >= 0.3 is 5.97 Å². The standard InChI is InChI=1S/C16H16N2O4/c1-9-13(16(19)21-3)14(11(8-17)15(18)22-9)10-6-4-5-7-12(10)20-2/h4-7,14H,18H2,1-3H3/t14-/m0/s1. The highest BCUT2D eigenvalue weighted by Gasteiger charge is 2.37. The largest absolute Gasteiger partial charge is 0.496 e. The lowest BCUT2D eigenvalue weighted by atomic mass is 9.82. The monoisotopic (exact) mass is 300 g/mol. The second kappa shape index (κ2) is 6.22. The fraction of sp³-hybridized carbons (Fsp3) is 0.250. The molecule has 114 valence electrons. The molecule has 1 atom stereocenters. The van der Waals surface area contributed by atoms with Crippen LogP contribution in [-0.2, 0) is 14.3 Å². The molecule has 0 unspecified atom stereocenters. The number of allylic oxidation sites excluding steroid dienone is 2. The molecule has 1 heterocycles. The molecule has 1 aliphatic rings. The molecule has 1 aliphatic heterocycles. The fourth-order valence-electron chi connectivity index (χ4n) is 2.47. The topological polar surface area (TPSA) is 94.6 Å². The van der Waals surface area contributed by atoms with Gasteiger partial charge in [0.1, 0.15) is 23.2 Å². The Hall–Kier alpha value is -2.94. The average molecular weight is 300 g/mol. The lowest BCUT2D eigenvalue weighted by molar-refractivity contribution is -0.136. The van der Waals surface area contributed by atoms with E-state index in [4.69, 9.17) is 19.9 Å². The van der Waals surface area contributed by atoms with Crippen molar-refractivity contribution in [3.05, 3.63) is 52.6 Å². The van der Waals surface area contributed by atoms with E-state index in [0.717, 1.165) is 0 Å². The molecule has 0 saturated carbocycles. The van der Waals surface area contributed by atoms with Crippen LogP contribution in [0.25, 0.3) is 0 Å². The first-order valence-corrected chi connectivity index (χ1v) is 6.54. The molecule has 2 N–H and O–H groups in total. The molecular weight excluding hydrogens is 284 g/mol. The van der Waals surface area contributed by atoms with Crippen molar-refractivity contribution in [3.8, 4) is 11.8 Å². The quantitative estimate of drug-likeness (QED) is 0.857. The molecule has 1 aromatic rings. The van der Waals surface area contributed by atoms with E-state index in [1.54, 1.807) is 31.2 Å². The van der Waals surface area contributed by atoms with Gasteiger partial charge in [-0.2, -0.15) is 5.26 Å². The van der Waals surface area contributed by atoms with Gasteiger partial charge < -0.3 is 19.9 Å². The van der Waals surface area contributed by atoms with Crippen LogP contribution < -0.4 is 10.5 Å². The zero-order valence-corrected chi connectivity index (χ0v) is 12.5. The first-order valence-electron chi connectivity index (χ1n) is 6.54. The summed E-state index contributed by atoms with van der Waals surface area (Å²) in [5.74, 6) is -0.442. The van der Waals surface area contributed by atoms with E-state index in [1.165, 1.54) is 14.2 Å². The second-order valence-electron chi connectivity index (χ2n) is 4.63. The molecule has 0 saturated heterocycles. The summed E-state index contributed by atoms with van der Waals surface area (Å²) in [6, 6.07) is 9.13. The van der Waals surface area contributed by atoms with Crippen LogP contribution in [-0.4, -0.2) is 20.2 Å². The number of nitrogens with zero attached hydrogens (tertiary/aromatic N) is 1. The van der Waals surface area contributed by atoms with Crippen molar-refractivity contribution in [1.29, 1.82) is 5.26 Å². The number of benzene rings is 1. The Morgan fingerprint density at radius 3 is 2.64 bits per heavy atom. The van der Waals surface area contributed by atoms with Crippen LogP contribution in [0.4, 0.5) is 0 Å². The van der Waals surface area contributed by atoms with Crippen molar-refractivity contribution >= 4 is 5.97 Å². The maximum absolute atomic E-state index is 12.2. The van der Waals surface area contributed by atoms with Crippen molar-refractivity contribution in [3.63, 3.8) is 0 Å². The molecule has 22 heavy (non-hydrogen) atoms. The Balaban J connectivity index is 2.71. The lowest BCUT2D eigenvalue weighted by Crippen LogP contribution is -2.25. The Kier molecular flexibility index (Phi) is 4.37. The number of ether oxygens (including phenoxy) is 3. The molecule has 6 heteroatoms. The number of hydrogen-bond acceptors (Lipinski definition) is 6. The molecule has 0 radical (unpaired) electrons. The zero-order valence-electron chi connectivity index (χ0n) is 12.5. The Morgan fingerprint density at radius 1 is 1.36 bits per heavy atom. The molecule has 0 fully saturated rings. The highest BCUT2D eigenvalue weighted by atomic mass is 16.5. The molecule has 0 aliphatic carbocycles. The number of nitrogens with two attached hydrogens (primary N) is 1. The summed E-state index contributed by atoms with van der Waals surface area (Å²) in [5, 5.41) is 9.43. The van der Waals surface area contributed by atoms with E-state index in [1.807, 2.05) is 6.07 Å². The van der Waals surface area contributed by atoms with Gasteiger partial charge in [0.15, 0.2) is 0 Å². The summed E-state index contributed by atoms with van der Waals surface area (Å²) in [5.41, 5.74) is 6.84. The number of carbonyl (C=O) groups is 1. The van der Waals surface area contributed by atoms with E-state index in [9.17, 15) is 10.1 Å². The van der Waals surface area contributed by atoms with E-state index < -0.39 is 11.9 Å². The predicted octanol–water partition coefficient (Wildman–Crippen LogP) is 1.95. The van der Waals surface area contributed by atoms with E-state index in [0.29, 0.717) is 17.1 Å². The van der Waals surface area contributed by atoms with Crippen LogP contribution in [0.15, 0.2) is 47.1 Å². The second-order valence-corrected chi connectivity index (χ2v) is 4.63. The molecule has 0 spiro atoms.